The summed E-state index contributed by atoms with van der Waals surface area (Å²) in [6, 6.07) is 11.7. The van der Waals surface area contributed by atoms with E-state index in [4.69, 9.17) is 4.74 Å². The first-order chi connectivity index (χ1) is 15.0. The van der Waals surface area contributed by atoms with Crippen molar-refractivity contribution >= 4 is 27.7 Å². The van der Waals surface area contributed by atoms with Crippen LogP contribution in [0.4, 0.5) is 0 Å². The second-order valence-corrected chi connectivity index (χ2v) is 10.9. The second kappa shape index (κ2) is 10.2. The Morgan fingerprint density at radius 3 is 2.74 bits per heavy atom. The van der Waals surface area contributed by atoms with Crippen molar-refractivity contribution in [3.8, 4) is 0 Å². The fourth-order valence-electron chi connectivity index (χ4n) is 3.78. The van der Waals surface area contributed by atoms with Crippen molar-refractivity contribution in [1.29, 1.82) is 0 Å². The first kappa shape index (κ1) is 22.3. The number of benzene rings is 1. The number of nitrogens with one attached hydrogen (secondary N) is 2. The van der Waals surface area contributed by atoms with Crippen molar-refractivity contribution in [3.63, 3.8) is 0 Å². The van der Waals surface area contributed by atoms with Crippen LogP contribution in [0.15, 0.2) is 47.5 Å². The van der Waals surface area contributed by atoms with Gasteiger partial charge in [-0.15, -0.1) is 0 Å². The van der Waals surface area contributed by atoms with E-state index in [1.54, 1.807) is 11.8 Å². The number of morpholine rings is 1. The number of rotatable bonds is 7. The molecule has 2 saturated heterocycles. The van der Waals surface area contributed by atoms with E-state index in [1.165, 1.54) is 22.1 Å². The average molecular weight is 465 g/mol. The molecule has 168 valence electrons. The molecule has 1 aromatic carbocycles. The molecule has 2 aliphatic heterocycles. The molecule has 8 nitrogen and oxygen atoms in total. The number of aromatic nitrogens is 1. The molecule has 2 N–H and O–H groups in total. The molecule has 2 aliphatic rings. The fourth-order valence-corrected chi connectivity index (χ4v) is 6.35. The number of carbonyl (C=O) groups excluding carboxylic acids is 1. The van der Waals surface area contributed by atoms with Gasteiger partial charge in [-0.1, -0.05) is 30.3 Å². The Balaban J connectivity index is 1.30. The summed E-state index contributed by atoms with van der Waals surface area (Å²) >= 11 is 1.75. The van der Waals surface area contributed by atoms with Crippen LogP contribution in [0.2, 0.25) is 0 Å². The van der Waals surface area contributed by atoms with Crippen LogP contribution in [0.25, 0.3) is 0 Å². The average Bonchev–Trinajstić information content (AvgIpc) is 3.30. The Morgan fingerprint density at radius 1 is 1.19 bits per heavy atom. The fraction of sp³-hybridized carbons (Fsp3) is 0.476. The zero-order valence-electron chi connectivity index (χ0n) is 17.3. The van der Waals surface area contributed by atoms with Crippen LogP contribution in [0.5, 0.6) is 0 Å². The van der Waals surface area contributed by atoms with Crippen LogP contribution in [-0.4, -0.2) is 85.5 Å². The lowest BCUT2D eigenvalue weighted by Gasteiger charge is -2.33. The number of H-pyrrole nitrogens is 1. The number of nitrogens with zero attached hydrogens (tertiary/aromatic N) is 2. The standard InChI is InChI=1S/C21H28N4O4S2/c26-21(20-12-19(14-22-20)31(27,28)25-7-10-30-11-8-25)23-13-18-16-24(6-9-29-18)15-17-4-2-1-3-5-17/h1-5,12,14,18,22H,6-11,13,15-16H2,(H,23,26). The van der Waals surface area contributed by atoms with Gasteiger partial charge < -0.3 is 15.0 Å². The van der Waals surface area contributed by atoms with Gasteiger partial charge >= 0.3 is 0 Å². The molecular formula is C21H28N4O4S2. The number of amides is 1. The van der Waals surface area contributed by atoms with E-state index >= 15 is 0 Å². The number of carbonyl (C=O) groups is 1. The van der Waals surface area contributed by atoms with Gasteiger partial charge in [0.2, 0.25) is 10.0 Å². The summed E-state index contributed by atoms with van der Waals surface area (Å²) in [5.74, 6) is 1.25. The van der Waals surface area contributed by atoms with Gasteiger partial charge in [0.1, 0.15) is 10.6 Å². The molecule has 1 amide bonds. The Bertz CT molecular complexity index is 974. The first-order valence-corrected chi connectivity index (χ1v) is 13.0. The van der Waals surface area contributed by atoms with Gasteiger partial charge in [0, 0.05) is 57.0 Å². The molecule has 10 heteroatoms. The Kier molecular flexibility index (Phi) is 7.34. The first-order valence-electron chi connectivity index (χ1n) is 10.4. The topological polar surface area (TPSA) is 94.7 Å². The highest BCUT2D eigenvalue weighted by Gasteiger charge is 2.28. The Labute approximate surface area is 187 Å². The maximum Gasteiger partial charge on any atom is 0.267 e. The van der Waals surface area contributed by atoms with Crippen molar-refractivity contribution in [2.24, 2.45) is 0 Å². The second-order valence-electron chi connectivity index (χ2n) is 7.69. The van der Waals surface area contributed by atoms with E-state index in [0.717, 1.165) is 31.1 Å². The minimum absolute atomic E-state index is 0.106. The zero-order valence-corrected chi connectivity index (χ0v) is 19.0. The van der Waals surface area contributed by atoms with Crippen LogP contribution in [0.1, 0.15) is 16.1 Å². The molecule has 0 spiro atoms. The Hall–Kier alpha value is -1.85. The molecule has 1 unspecified atom stereocenters. The molecule has 3 heterocycles. The van der Waals surface area contributed by atoms with E-state index in [0.29, 0.717) is 26.2 Å². The SMILES string of the molecule is O=C(NCC1CN(Cc2ccccc2)CCO1)c1cc(S(=O)(=O)N2CCSCC2)c[nH]1. The van der Waals surface area contributed by atoms with Gasteiger partial charge in [-0.25, -0.2) is 8.42 Å². The van der Waals surface area contributed by atoms with Crippen LogP contribution in [-0.2, 0) is 21.3 Å². The van der Waals surface area contributed by atoms with Crippen molar-refractivity contribution in [3.05, 3.63) is 53.9 Å². The minimum Gasteiger partial charge on any atom is -0.374 e. The molecular weight excluding hydrogens is 436 g/mol. The molecule has 1 atom stereocenters. The third-order valence-corrected chi connectivity index (χ3v) is 8.29. The number of aromatic amines is 1. The lowest BCUT2D eigenvalue weighted by molar-refractivity contribution is -0.0292. The summed E-state index contributed by atoms with van der Waals surface area (Å²) in [4.78, 5) is 17.8. The van der Waals surface area contributed by atoms with Gasteiger partial charge in [0.05, 0.1) is 12.7 Å². The summed E-state index contributed by atoms with van der Waals surface area (Å²) < 4.78 is 32.8. The van der Waals surface area contributed by atoms with Crippen molar-refractivity contribution < 1.29 is 17.9 Å². The molecule has 2 fully saturated rings. The normalized spacial score (nSPS) is 21.1. The molecule has 31 heavy (non-hydrogen) atoms. The van der Waals surface area contributed by atoms with Crippen LogP contribution in [0, 0.1) is 0 Å². The predicted molar refractivity (Wildman–Crippen MR) is 121 cm³/mol. The van der Waals surface area contributed by atoms with E-state index in [9.17, 15) is 13.2 Å². The van der Waals surface area contributed by atoms with Crippen LogP contribution < -0.4 is 5.32 Å². The van der Waals surface area contributed by atoms with Crippen molar-refractivity contribution in [1.82, 2.24) is 19.5 Å². The van der Waals surface area contributed by atoms with Crippen LogP contribution >= 0.6 is 11.8 Å². The molecule has 0 bridgehead atoms. The quantitative estimate of drug-likeness (QED) is 0.643. The van der Waals surface area contributed by atoms with Crippen molar-refractivity contribution in [2.75, 3.05) is 50.8 Å². The van der Waals surface area contributed by atoms with Crippen molar-refractivity contribution in [2.45, 2.75) is 17.5 Å². The van der Waals surface area contributed by atoms with Gasteiger partial charge in [-0.2, -0.15) is 16.1 Å². The van der Waals surface area contributed by atoms with Gasteiger partial charge in [-0.3, -0.25) is 9.69 Å². The number of thioether (sulfide) groups is 1. The number of hydrogen-bond donors (Lipinski definition) is 2. The third-order valence-electron chi connectivity index (χ3n) is 5.47. The Morgan fingerprint density at radius 2 is 1.97 bits per heavy atom. The third kappa shape index (κ3) is 5.69. The molecule has 1 aromatic heterocycles. The number of ether oxygens (including phenoxy) is 1. The van der Waals surface area contributed by atoms with E-state index in [1.807, 2.05) is 18.2 Å². The minimum atomic E-state index is -3.57. The summed E-state index contributed by atoms with van der Waals surface area (Å²) in [5.41, 5.74) is 1.49. The largest absolute Gasteiger partial charge is 0.374 e. The summed E-state index contributed by atoms with van der Waals surface area (Å²) in [5, 5.41) is 2.86. The molecule has 0 saturated carbocycles. The highest BCUT2D eigenvalue weighted by Crippen LogP contribution is 2.21. The molecule has 2 aromatic rings. The van der Waals surface area contributed by atoms with E-state index < -0.39 is 10.0 Å². The van der Waals surface area contributed by atoms with E-state index in [-0.39, 0.29) is 22.6 Å². The molecule has 0 aliphatic carbocycles. The van der Waals surface area contributed by atoms with Gasteiger partial charge in [0.25, 0.3) is 5.91 Å². The summed E-state index contributed by atoms with van der Waals surface area (Å²) in [6.45, 7) is 4.41. The van der Waals surface area contributed by atoms with Gasteiger partial charge in [-0.05, 0) is 11.6 Å². The summed E-state index contributed by atoms with van der Waals surface area (Å²) in [7, 11) is -3.57. The lowest BCUT2D eigenvalue weighted by Crippen LogP contribution is -2.47. The molecule has 0 radical (unpaired) electrons. The number of hydrogen-bond acceptors (Lipinski definition) is 6. The predicted octanol–water partition coefficient (Wildman–Crippen LogP) is 1.38. The highest BCUT2D eigenvalue weighted by molar-refractivity contribution is 7.99. The maximum atomic E-state index is 12.8. The maximum absolute atomic E-state index is 12.8. The zero-order chi connectivity index (χ0) is 21.7. The smallest absolute Gasteiger partial charge is 0.267 e. The van der Waals surface area contributed by atoms with Gasteiger partial charge in [0.15, 0.2) is 0 Å². The summed E-state index contributed by atoms with van der Waals surface area (Å²) in [6.07, 6.45) is 1.29. The van der Waals surface area contributed by atoms with E-state index in [2.05, 4.69) is 27.3 Å². The molecule has 4 rings (SSSR count). The number of sulfonamides is 1. The lowest BCUT2D eigenvalue weighted by atomic mass is 10.2. The highest BCUT2D eigenvalue weighted by atomic mass is 32.2. The van der Waals surface area contributed by atoms with Crippen LogP contribution in [0.3, 0.4) is 0 Å². The monoisotopic (exact) mass is 464 g/mol.